The lowest BCUT2D eigenvalue weighted by Gasteiger charge is -2.11. The van der Waals surface area contributed by atoms with Crippen LogP contribution in [0.25, 0.3) is 176 Å². The van der Waals surface area contributed by atoms with Crippen LogP contribution in [0.1, 0.15) is 112 Å². The van der Waals surface area contributed by atoms with E-state index in [2.05, 4.69) is 257 Å². The summed E-state index contributed by atoms with van der Waals surface area (Å²) in [5.74, 6) is -2.14. The molecule has 1 atom stereocenters. The second-order valence-electron chi connectivity index (χ2n) is 30.5. The number of hydrogen-bond acceptors (Lipinski definition) is 4. The summed E-state index contributed by atoms with van der Waals surface area (Å²) in [4.78, 5) is 0. The number of aromatic nitrogens is 4. The maximum absolute atomic E-state index is 8.97. The highest BCUT2D eigenvalue weighted by molar-refractivity contribution is 6.15. The molecule has 0 radical (unpaired) electrons. The second kappa shape index (κ2) is 28.5. The monoisotopic (exact) mass is 1460 g/mol. The molecule has 8 aromatic heterocycles. The van der Waals surface area contributed by atoms with Gasteiger partial charge in [0.15, 0.2) is 24.8 Å². The van der Waals surface area contributed by atoms with Gasteiger partial charge in [-0.2, -0.15) is 0 Å². The Morgan fingerprint density at radius 3 is 1.02 bits per heavy atom. The molecular weight excluding hydrogens is 1360 g/mol. The molecule has 0 N–H and O–H groups in total. The van der Waals surface area contributed by atoms with Gasteiger partial charge in [-0.05, 0) is 250 Å². The SMILES string of the molecule is Cc1cc[n+](C)c(-c2cc3c(cc2C)oc2cc4ccccc4cc23)c1.[2H]C([2H])(C)c1cc[n+](C)c(-c2cc3c(cc2C)oc2cc4ccccc4cc23)c1.[2H]C([2H])([2H])C([2H])(C)c1cc[n+](C)c(-c2cc3c(cc2C)oc2cc4ccccc4cc23)c1.[2H]C1(c2cc[n+](C)c(-c3cc4c(cc3C)oc3cc5ccccc5cc34)c2)CCCC1. The van der Waals surface area contributed by atoms with E-state index in [9.17, 15) is 0 Å². The van der Waals surface area contributed by atoms with E-state index in [0.717, 1.165) is 158 Å². The minimum Gasteiger partial charge on any atom is -0.456 e. The topological polar surface area (TPSA) is 68.1 Å². The lowest BCUT2D eigenvalue weighted by atomic mass is 9.94. The molecule has 111 heavy (non-hydrogen) atoms. The standard InChI is InChI=1S/C28H26NO.C26H24NO.C25H22NO.C24H20NO/c1-18-13-27-25(24-14-20-9-5-6-10-21(20)16-28(24)30-27)17-23(18)26-15-22(11-12-29(26)2)19-7-3-4-8-19;1-16(2)18-9-10-27(4)24(13-18)21-15-23-22-12-19-7-5-6-8-20(19)14-26(22)28-25(23)11-17(21)3;1-4-17-9-10-26(3)23(12-17)20-15-22-21-13-18-7-5-6-8-19(18)14-25(21)27-24(22)11-16(20)2;1-15-8-9-25(3)22(10-15)19-14-21-20-12-17-6-4-5-7-18(17)13-24(20)26-23(21)11-16(19)2/h5-6,9-17,19H,3-4,7-8H2,1-2H3;5-16H,1-4H3;5-15H,4H2,1-3H3;4-14H,1-3H3/q4*+1/i19D;1D3,16D;4D2;. The summed E-state index contributed by atoms with van der Waals surface area (Å²) in [7, 11) is 8.11. The Kier molecular flexibility index (Phi) is 16.0. The van der Waals surface area contributed by atoms with Gasteiger partial charge < -0.3 is 17.7 Å². The number of hydrogen-bond donors (Lipinski definition) is 0. The quantitative estimate of drug-likeness (QED) is 0.149. The Labute approximate surface area is 657 Å². The average molecular weight is 1460 g/mol. The van der Waals surface area contributed by atoms with Gasteiger partial charge >= 0.3 is 0 Å². The molecule has 0 bridgehead atoms. The Balaban J connectivity index is 0.000000109. The summed E-state index contributed by atoms with van der Waals surface area (Å²) in [6.45, 7) is 11.2. The first-order valence-electron chi connectivity index (χ1n) is 41.9. The number of furan rings is 4. The van der Waals surface area contributed by atoms with Crippen LogP contribution in [-0.2, 0) is 34.6 Å². The van der Waals surface area contributed by atoms with Gasteiger partial charge in [0.1, 0.15) is 72.9 Å². The van der Waals surface area contributed by atoms with Gasteiger partial charge in [-0.1, -0.05) is 131 Å². The summed E-state index contributed by atoms with van der Waals surface area (Å²) in [6.07, 6.45) is 10.8. The van der Waals surface area contributed by atoms with Gasteiger partial charge in [-0.25, -0.2) is 18.3 Å². The first-order valence-corrected chi connectivity index (χ1v) is 38.4. The highest BCUT2D eigenvalue weighted by atomic mass is 16.3. The van der Waals surface area contributed by atoms with Gasteiger partial charge in [0.25, 0.3) is 0 Å². The van der Waals surface area contributed by atoms with Crippen LogP contribution in [-0.4, -0.2) is 0 Å². The Morgan fingerprint density at radius 1 is 0.360 bits per heavy atom. The van der Waals surface area contributed by atoms with Crippen molar-refractivity contribution in [3.8, 4) is 45.0 Å². The van der Waals surface area contributed by atoms with Crippen molar-refractivity contribution < 1.29 is 45.5 Å². The van der Waals surface area contributed by atoms with Crippen molar-refractivity contribution in [1.82, 2.24) is 0 Å². The third kappa shape index (κ3) is 13.1. The first-order chi connectivity index (χ1) is 56.5. The molecule has 1 aliphatic carbocycles. The number of benzene rings is 12. The number of rotatable bonds is 7. The molecule has 544 valence electrons. The number of pyridine rings is 4. The van der Waals surface area contributed by atoms with Crippen molar-refractivity contribution in [3.05, 3.63) is 312 Å². The molecule has 0 aliphatic heterocycles. The summed E-state index contributed by atoms with van der Waals surface area (Å²) in [5, 5.41) is 18.4. The third-order valence-electron chi connectivity index (χ3n) is 22.9. The summed E-state index contributed by atoms with van der Waals surface area (Å²) < 4.78 is 90.2. The zero-order valence-corrected chi connectivity index (χ0v) is 64.7. The van der Waals surface area contributed by atoms with Crippen LogP contribution in [0.2, 0.25) is 0 Å². The summed E-state index contributed by atoms with van der Waals surface area (Å²) in [5.41, 5.74) is 24.0. The molecule has 20 aromatic rings. The molecular formula is C103H92N4O4+4. The van der Waals surface area contributed by atoms with Gasteiger partial charge in [0, 0.05) is 123 Å². The maximum Gasteiger partial charge on any atom is 0.212 e. The van der Waals surface area contributed by atoms with Gasteiger partial charge in [0.2, 0.25) is 22.8 Å². The zero-order chi connectivity index (χ0) is 82.2. The molecule has 8 heteroatoms. The molecule has 1 saturated carbocycles. The highest BCUT2D eigenvalue weighted by Gasteiger charge is 2.26. The second-order valence-corrected chi connectivity index (χ2v) is 30.5. The molecule has 0 spiro atoms. The fraction of sp³-hybridized carbons (Fsp3) is 0.184. The largest absolute Gasteiger partial charge is 0.456 e. The predicted octanol–water partition coefficient (Wildman–Crippen LogP) is 25.8. The first kappa shape index (κ1) is 62.4. The van der Waals surface area contributed by atoms with Crippen LogP contribution < -0.4 is 18.3 Å². The van der Waals surface area contributed by atoms with Crippen LogP contribution in [0.5, 0.6) is 0 Å². The molecule has 8 nitrogen and oxygen atoms in total. The molecule has 8 heterocycles. The molecule has 21 rings (SSSR count). The van der Waals surface area contributed by atoms with Gasteiger partial charge in [-0.3, -0.25) is 0 Å². The van der Waals surface area contributed by atoms with Crippen LogP contribution in [0, 0.1) is 34.6 Å². The summed E-state index contributed by atoms with van der Waals surface area (Å²) in [6, 6.07) is 84.1. The Morgan fingerprint density at radius 2 is 0.658 bits per heavy atom. The van der Waals surface area contributed by atoms with E-state index >= 15 is 0 Å². The van der Waals surface area contributed by atoms with E-state index in [1.165, 1.54) is 83.5 Å². The van der Waals surface area contributed by atoms with E-state index < -0.39 is 25.0 Å². The predicted molar refractivity (Wildman–Crippen MR) is 460 cm³/mol. The van der Waals surface area contributed by atoms with E-state index in [0.29, 0.717) is 11.1 Å². The van der Waals surface area contributed by atoms with E-state index in [4.69, 9.17) is 27.3 Å². The van der Waals surface area contributed by atoms with Gasteiger partial charge in [0.05, 0.1) is 0 Å². The Bertz CT molecular complexity index is 7480. The van der Waals surface area contributed by atoms with Crippen molar-refractivity contribution in [2.24, 2.45) is 28.2 Å². The smallest absolute Gasteiger partial charge is 0.212 e. The lowest BCUT2D eigenvalue weighted by molar-refractivity contribution is -0.660. The highest BCUT2D eigenvalue weighted by Crippen LogP contribution is 2.43. The maximum atomic E-state index is 8.97. The molecule has 1 fully saturated rings. The van der Waals surface area contributed by atoms with Crippen LogP contribution >= 0.6 is 0 Å². The number of fused-ring (bicyclic) bond motifs is 16. The molecule has 0 amide bonds. The number of aryl methyl sites for hydroxylation is 10. The molecule has 12 aromatic carbocycles. The van der Waals surface area contributed by atoms with Crippen molar-refractivity contribution in [1.29, 1.82) is 0 Å². The van der Waals surface area contributed by atoms with Crippen molar-refractivity contribution in [2.45, 2.75) is 99.2 Å². The van der Waals surface area contributed by atoms with Crippen molar-refractivity contribution in [3.63, 3.8) is 0 Å². The van der Waals surface area contributed by atoms with Crippen molar-refractivity contribution >= 4 is 131 Å². The lowest BCUT2D eigenvalue weighted by Crippen LogP contribution is -2.31. The zero-order valence-electron chi connectivity index (χ0n) is 71.7. The average Bonchev–Trinajstić information content (AvgIpc) is 1.59. The fourth-order valence-corrected chi connectivity index (χ4v) is 16.7. The summed E-state index contributed by atoms with van der Waals surface area (Å²) >= 11 is 0. The molecule has 1 unspecified atom stereocenters. The molecule has 0 saturated heterocycles. The fourth-order valence-electron chi connectivity index (χ4n) is 16.7. The number of nitrogens with zero attached hydrogens (tertiary/aromatic N) is 4. The van der Waals surface area contributed by atoms with Crippen molar-refractivity contribution in [2.75, 3.05) is 0 Å². The Hall–Kier alpha value is -12.5. The van der Waals surface area contributed by atoms with Crippen LogP contribution in [0.15, 0.2) is 285 Å². The van der Waals surface area contributed by atoms with E-state index in [-0.39, 0.29) is 0 Å². The van der Waals surface area contributed by atoms with Gasteiger partial charge in [-0.15, -0.1) is 0 Å². The van der Waals surface area contributed by atoms with E-state index in [1.54, 1.807) is 13.0 Å². The van der Waals surface area contributed by atoms with E-state index in [1.807, 2.05) is 85.0 Å². The molecule has 1 aliphatic rings. The minimum absolute atomic E-state index is 0.442. The van der Waals surface area contributed by atoms with Crippen LogP contribution in [0.3, 0.4) is 0 Å². The minimum atomic E-state index is -2.43. The van der Waals surface area contributed by atoms with Crippen LogP contribution in [0.4, 0.5) is 0 Å². The normalized spacial score (nSPS) is 14.6. The third-order valence-corrected chi connectivity index (χ3v) is 22.9.